The van der Waals surface area contributed by atoms with Crippen LogP contribution in [-0.4, -0.2) is 52.7 Å². The number of hydrogen-bond donors (Lipinski definition) is 2. The van der Waals surface area contributed by atoms with Crippen LogP contribution in [0.25, 0.3) is 0 Å². The number of carbonyl (C=O) groups is 2. The Kier molecular flexibility index (Phi) is 9.79. The first kappa shape index (κ1) is 22.3. The highest BCUT2D eigenvalue weighted by atomic mass is 35.5. The van der Waals surface area contributed by atoms with Gasteiger partial charge in [-0.05, 0) is 50.3 Å². The minimum atomic E-state index is -1.26. The van der Waals surface area contributed by atoms with Crippen LogP contribution in [0.2, 0.25) is 5.02 Å². The van der Waals surface area contributed by atoms with Gasteiger partial charge in [-0.25, -0.2) is 9.59 Å². The van der Waals surface area contributed by atoms with Gasteiger partial charge in [0.15, 0.2) is 0 Å². The second-order valence-electron chi connectivity index (χ2n) is 6.05. The fraction of sp³-hybridized carbons (Fsp3) is 0.250. The molecule has 2 aromatic rings. The van der Waals surface area contributed by atoms with Gasteiger partial charge >= 0.3 is 11.9 Å². The first-order valence-corrected chi connectivity index (χ1v) is 8.59. The molecule has 0 radical (unpaired) electrons. The van der Waals surface area contributed by atoms with Crippen LogP contribution in [0, 0.1) is 0 Å². The van der Waals surface area contributed by atoms with E-state index in [2.05, 4.69) is 42.2 Å². The van der Waals surface area contributed by atoms with Crippen molar-refractivity contribution >= 4 is 23.5 Å². The van der Waals surface area contributed by atoms with Crippen LogP contribution in [0.3, 0.4) is 0 Å². The molecule has 0 saturated heterocycles. The van der Waals surface area contributed by atoms with Crippen molar-refractivity contribution in [3.63, 3.8) is 0 Å². The van der Waals surface area contributed by atoms with Crippen molar-refractivity contribution in [3.8, 4) is 0 Å². The van der Waals surface area contributed by atoms with E-state index in [4.69, 9.17) is 21.8 Å². The van der Waals surface area contributed by atoms with E-state index >= 15 is 0 Å². The molecule has 0 saturated carbocycles. The molecule has 144 valence electrons. The van der Waals surface area contributed by atoms with Gasteiger partial charge in [0.1, 0.15) is 0 Å². The third kappa shape index (κ3) is 10.1. The summed E-state index contributed by atoms with van der Waals surface area (Å²) in [5.74, 6) is -2.11. The molecular weight excluding hydrogens is 368 g/mol. The molecule has 0 aliphatic heterocycles. The zero-order chi connectivity index (χ0) is 20.2. The minimum absolute atomic E-state index is 0.400. The maximum Gasteiger partial charge on any atom is 0.328 e. The van der Waals surface area contributed by atoms with Crippen LogP contribution < -0.4 is 0 Å². The van der Waals surface area contributed by atoms with Crippen LogP contribution >= 0.6 is 11.6 Å². The summed E-state index contributed by atoms with van der Waals surface area (Å²) in [5.41, 5.74) is 2.44. The van der Waals surface area contributed by atoms with Crippen LogP contribution in [0.4, 0.5) is 0 Å². The predicted molar refractivity (Wildman–Crippen MR) is 105 cm³/mol. The number of hydrogen-bond acceptors (Lipinski definition) is 4. The average molecular weight is 391 g/mol. The Labute approximate surface area is 163 Å². The fourth-order valence-electron chi connectivity index (χ4n) is 2.37. The number of aliphatic carboxylic acids is 2. The van der Waals surface area contributed by atoms with E-state index in [1.54, 1.807) is 0 Å². The molecule has 1 aromatic heterocycles. The van der Waals surface area contributed by atoms with Crippen LogP contribution in [0.1, 0.15) is 17.2 Å². The number of halogens is 1. The summed E-state index contributed by atoms with van der Waals surface area (Å²) < 4.78 is 0. The van der Waals surface area contributed by atoms with E-state index in [1.165, 1.54) is 5.56 Å². The molecule has 0 bridgehead atoms. The second kappa shape index (κ2) is 11.8. The number of pyridine rings is 1. The summed E-state index contributed by atoms with van der Waals surface area (Å²) in [6.07, 6.45) is 3.96. The average Bonchev–Trinajstić information content (AvgIpc) is 2.62. The number of nitrogens with zero attached hydrogens (tertiary/aromatic N) is 2. The number of rotatable bonds is 7. The number of likely N-dealkylation sites (N-methyl/N-ethyl adjacent to an activating group) is 1. The van der Waals surface area contributed by atoms with Gasteiger partial charge in [-0.2, -0.15) is 0 Å². The zero-order valence-electron chi connectivity index (χ0n) is 15.2. The minimum Gasteiger partial charge on any atom is -0.478 e. The van der Waals surface area contributed by atoms with Gasteiger partial charge in [-0.15, -0.1) is 0 Å². The Balaban J connectivity index is 0.000000387. The molecule has 6 nitrogen and oxygen atoms in total. The molecule has 2 N–H and O–H groups in total. The quantitative estimate of drug-likeness (QED) is 0.704. The highest BCUT2D eigenvalue weighted by molar-refractivity contribution is 6.30. The molecule has 1 unspecified atom stereocenters. The summed E-state index contributed by atoms with van der Waals surface area (Å²) in [5, 5.41) is 16.4. The van der Waals surface area contributed by atoms with E-state index < -0.39 is 11.9 Å². The Bertz CT molecular complexity index is 730. The lowest BCUT2D eigenvalue weighted by Crippen LogP contribution is -2.22. The molecule has 0 aliphatic rings. The van der Waals surface area contributed by atoms with E-state index in [0.717, 1.165) is 23.7 Å². The predicted octanol–water partition coefficient (Wildman–Crippen LogP) is 3.33. The molecule has 0 amide bonds. The normalized spacial score (nSPS) is 11.7. The van der Waals surface area contributed by atoms with Crippen molar-refractivity contribution in [1.82, 2.24) is 9.88 Å². The van der Waals surface area contributed by atoms with Crippen molar-refractivity contribution in [3.05, 3.63) is 77.1 Å². The lowest BCUT2D eigenvalue weighted by Gasteiger charge is -2.20. The highest BCUT2D eigenvalue weighted by Gasteiger charge is 2.14. The first-order chi connectivity index (χ1) is 12.8. The topological polar surface area (TPSA) is 90.7 Å². The standard InChI is InChI=1S/C16H19ClN2.C4H4O4/c1-19(2)12-14(16-5-3-4-10-18-16)11-13-6-8-15(17)9-7-13;5-3(6)1-2-4(7)8/h3-10,14H,11-12H2,1-2H3;1-2H,(H,5,6)(H,7,8)/b;2-1-. The molecule has 2 rings (SSSR count). The lowest BCUT2D eigenvalue weighted by molar-refractivity contribution is -0.134. The molecule has 0 fully saturated rings. The van der Waals surface area contributed by atoms with Gasteiger partial charge in [0.2, 0.25) is 0 Å². The third-order valence-electron chi connectivity index (χ3n) is 3.46. The zero-order valence-corrected chi connectivity index (χ0v) is 16.0. The van der Waals surface area contributed by atoms with Crippen LogP contribution in [-0.2, 0) is 16.0 Å². The summed E-state index contributed by atoms with van der Waals surface area (Å²) in [4.78, 5) is 25.8. The van der Waals surface area contributed by atoms with Crippen molar-refractivity contribution < 1.29 is 19.8 Å². The van der Waals surface area contributed by atoms with E-state index in [0.29, 0.717) is 18.1 Å². The van der Waals surface area contributed by atoms with E-state index in [1.807, 2.05) is 30.5 Å². The first-order valence-electron chi connectivity index (χ1n) is 8.22. The number of carboxylic acid groups (broad SMARTS) is 2. The monoisotopic (exact) mass is 390 g/mol. The van der Waals surface area contributed by atoms with Gasteiger partial charge in [-0.3, -0.25) is 4.98 Å². The number of benzene rings is 1. The van der Waals surface area contributed by atoms with Gasteiger partial charge in [0.25, 0.3) is 0 Å². The highest BCUT2D eigenvalue weighted by Crippen LogP contribution is 2.21. The maximum absolute atomic E-state index is 9.55. The van der Waals surface area contributed by atoms with Crippen LogP contribution in [0.15, 0.2) is 60.8 Å². The SMILES string of the molecule is CN(C)CC(Cc1ccc(Cl)cc1)c1ccccn1.O=C(O)/C=C\C(=O)O. The van der Waals surface area contributed by atoms with Crippen molar-refractivity contribution in [2.24, 2.45) is 0 Å². The van der Waals surface area contributed by atoms with Gasteiger partial charge in [0, 0.05) is 41.5 Å². The molecule has 1 atom stereocenters. The second-order valence-corrected chi connectivity index (χ2v) is 6.49. The number of carboxylic acids is 2. The molecule has 0 aliphatic carbocycles. The largest absolute Gasteiger partial charge is 0.478 e. The summed E-state index contributed by atoms with van der Waals surface area (Å²) in [6, 6.07) is 14.2. The Morgan fingerprint density at radius 1 is 1.07 bits per heavy atom. The molecule has 27 heavy (non-hydrogen) atoms. The smallest absolute Gasteiger partial charge is 0.328 e. The number of aromatic nitrogens is 1. The van der Waals surface area contributed by atoms with E-state index in [9.17, 15) is 9.59 Å². The van der Waals surface area contributed by atoms with Crippen molar-refractivity contribution in [2.45, 2.75) is 12.3 Å². The summed E-state index contributed by atoms with van der Waals surface area (Å²) in [7, 11) is 4.19. The maximum atomic E-state index is 9.55. The fourth-order valence-corrected chi connectivity index (χ4v) is 2.49. The van der Waals surface area contributed by atoms with E-state index in [-0.39, 0.29) is 0 Å². The molecular formula is C20H23ClN2O4. The van der Waals surface area contributed by atoms with Crippen molar-refractivity contribution in [1.29, 1.82) is 0 Å². The van der Waals surface area contributed by atoms with Gasteiger partial charge in [0.05, 0.1) is 0 Å². The lowest BCUT2D eigenvalue weighted by atomic mass is 9.95. The Hall–Kier alpha value is -2.70. The Morgan fingerprint density at radius 2 is 1.67 bits per heavy atom. The Morgan fingerprint density at radius 3 is 2.11 bits per heavy atom. The molecule has 7 heteroatoms. The summed E-state index contributed by atoms with van der Waals surface area (Å²) >= 11 is 5.93. The van der Waals surface area contributed by atoms with Gasteiger partial charge in [-0.1, -0.05) is 29.8 Å². The summed E-state index contributed by atoms with van der Waals surface area (Å²) in [6.45, 7) is 0.986. The molecule has 0 spiro atoms. The third-order valence-corrected chi connectivity index (χ3v) is 3.71. The van der Waals surface area contributed by atoms with Crippen LogP contribution in [0.5, 0.6) is 0 Å². The molecule has 1 heterocycles. The molecule has 1 aromatic carbocycles. The van der Waals surface area contributed by atoms with Gasteiger partial charge < -0.3 is 15.1 Å². The van der Waals surface area contributed by atoms with Crippen molar-refractivity contribution in [2.75, 3.05) is 20.6 Å².